The second-order valence-electron chi connectivity index (χ2n) is 6.32. The third-order valence-electron chi connectivity index (χ3n) is 3.74. The largest absolute Gasteiger partial charge is 2.00 e. The van der Waals surface area contributed by atoms with Crippen LogP contribution in [0.3, 0.4) is 0 Å². The molecule has 0 saturated carbocycles. The first-order chi connectivity index (χ1) is 12.4. The molecule has 0 saturated heterocycles. The van der Waals surface area contributed by atoms with Gasteiger partial charge in [-0.15, -0.1) is 0 Å². The predicted molar refractivity (Wildman–Crippen MR) is 109 cm³/mol. The first kappa shape index (κ1) is 28.9. The molecule has 2 aliphatic rings. The van der Waals surface area contributed by atoms with Crippen LogP contribution in [-0.2, 0) is 36.0 Å². The predicted octanol–water partition coefficient (Wildman–Crippen LogP) is 2.17. The Kier molecular flexibility index (Phi) is 15.2. The van der Waals surface area contributed by atoms with Gasteiger partial charge in [0, 0.05) is 18.9 Å². The minimum atomic E-state index is -0.0232. The zero-order valence-corrected chi connectivity index (χ0v) is 19.1. The molecule has 0 N–H and O–H groups in total. The quantitative estimate of drug-likeness (QED) is 0.490. The average molecular weight is 437 g/mol. The van der Waals surface area contributed by atoms with Crippen molar-refractivity contribution in [2.75, 3.05) is 28.4 Å². The van der Waals surface area contributed by atoms with Crippen LogP contribution in [0.2, 0.25) is 0 Å². The summed E-state index contributed by atoms with van der Waals surface area (Å²) in [6, 6.07) is -0.0464. The van der Waals surface area contributed by atoms with E-state index in [1.165, 1.54) is 0 Å². The zero-order chi connectivity index (χ0) is 19.7. The number of ether oxygens (including phenoxy) is 4. The molecule has 2 rings (SSSR count). The van der Waals surface area contributed by atoms with Crippen molar-refractivity contribution in [2.24, 2.45) is 31.8 Å². The maximum atomic E-state index is 5.11. The van der Waals surface area contributed by atoms with Gasteiger partial charge in [0.1, 0.15) is 11.8 Å². The molecule has 2 atom stereocenters. The van der Waals surface area contributed by atoms with Gasteiger partial charge in [-0.25, -0.2) is 0 Å². The smallest absolute Gasteiger partial charge is 0.566 e. The Morgan fingerprint density at radius 2 is 1.00 bits per heavy atom. The monoisotopic (exact) mass is 436 g/mol. The molecule has 2 heterocycles. The van der Waals surface area contributed by atoms with E-state index >= 15 is 0 Å². The molecule has 8 nitrogen and oxygen atoms in total. The van der Waals surface area contributed by atoms with Gasteiger partial charge in [0.25, 0.3) is 0 Å². The van der Waals surface area contributed by atoms with E-state index in [0.29, 0.717) is 35.4 Å². The van der Waals surface area contributed by atoms with E-state index in [9.17, 15) is 0 Å². The van der Waals surface area contributed by atoms with E-state index in [-0.39, 0.29) is 48.0 Å². The molecule has 0 aromatic heterocycles. The second kappa shape index (κ2) is 14.7. The summed E-state index contributed by atoms with van der Waals surface area (Å²) in [5.74, 6) is 3.13. The molecule has 0 bridgehead atoms. The maximum absolute atomic E-state index is 5.11. The van der Waals surface area contributed by atoms with Gasteiger partial charge in [0.15, 0.2) is 0 Å². The molecule has 2 aliphatic heterocycles. The summed E-state index contributed by atoms with van der Waals surface area (Å²) in [6.45, 7) is 11.4. The van der Waals surface area contributed by atoms with Crippen LogP contribution in [0.4, 0.5) is 0 Å². The summed E-state index contributed by atoms with van der Waals surface area (Å²) in [6.07, 6.45) is 0. The Morgan fingerprint density at radius 1 is 0.679 bits per heavy atom. The van der Waals surface area contributed by atoms with Crippen LogP contribution in [0, 0.1) is 24.9 Å². The van der Waals surface area contributed by atoms with Crippen LogP contribution in [-0.4, -0.2) is 83.0 Å². The number of hydrogen-bond donors (Lipinski definition) is 0. The first-order valence-electron chi connectivity index (χ1n) is 8.51. The first-order valence-corrected chi connectivity index (χ1v) is 8.51. The minimum absolute atomic E-state index is 0. The normalized spacial score (nSPS) is 20.2. The maximum Gasteiger partial charge on any atom is 2.00 e. The zero-order valence-electron chi connectivity index (χ0n) is 18.2. The molecule has 0 fully saturated rings. The topological polar surface area (TPSA) is 86.4 Å². The summed E-state index contributed by atoms with van der Waals surface area (Å²) >= 11 is 0. The molecule has 0 aliphatic carbocycles. The van der Waals surface area contributed by atoms with Crippen molar-refractivity contribution in [1.82, 2.24) is 0 Å². The molecule has 28 heavy (non-hydrogen) atoms. The van der Waals surface area contributed by atoms with E-state index in [2.05, 4.69) is 47.7 Å². The van der Waals surface area contributed by atoms with Gasteiger partial charge >= 0.3 is 17.1 Å². The van der Waals surface area contributed by atoms with Gasteiger partial charge in [-0.1, -0.05) is 40.8 Å². The number of nitrogens with zero attached hydrogens (tertiary/aromatic N) is 4. The molecule has 0 aromatic rings. The van der Waals surface area contributed by atoms with Crippen LogP contribution in [0.15, 0.2) is 20.0 Å². The van der Waals surface area contributed by atoms with E-state index in [0.717, 1.165) is 0 Å². The minimum Gasteiger partial charge on any atom is -0.566 e. The van der Waals surface area contributed by atoms with Crippen molar-refractivity contribution < 1.29 is 36.0 Å². The summed E-state index contributed by atoms with van der Waals surface area (Å²) in [4.78, 5) is 16.9. The van der Waals surface area contributed by atoms with Gasteiger partial charge in [-0.2, -0.15) is 0 Å². The van der Waals surface area contributed by atoms with Crippen molar-refractivity contribution in [1.29, 1.82) is 0 Å². The van der Waals surface area contributed by atoms with Crippen molar-refractivity contribution in [3.8, 4) is 0 Å². The van der Waals surface area contributed by atoms with Crippen LogP contribution in [0.1, 0.15) is 27.7 Å². The molecule has 0 amide bonds. The second-order valence-corrected chi connectivity index (χ2v) is 6.32. The standard InChI is InChI=1S/2C9H15N2O2.Cu.Li/c2*1-6(2)8-9(13-4)10-5-7(11-8)12-3;;/h2*5-6,8H,1-4H3;;/q2*-1;+2;/t2*8-;;/m10../s1. The summed E-state index contributed by atoms with van der Waals surface area (Å²) < 4.78 is 20.2. The molecular formula is C18H30CuLiN4O4. The van der Waals surface area contributed by atoms with E-state index in [4.69, 9.17) is 18.9 Å². The Hall–Kier alpha value is -1.26. The van der Waals surface area contributed by atoms with Crippen LogP contribution in [0.25, 0.3) is 0 Å². The number of hydrogen-bond acceptors (Lipinski definition) is 8. The van der Waals surface area contributed by atoms with Crippen molar-refractivity contribution in [3.63, 3.8) is 0 Å². The van der Waals surface area contributed by atoms with Crippen molar-refractivity contribution in [3.05, 3.63) is 13.1 Å². The Bertz CT molecular complexity index is 530. The van der Waals surface area contributed by atoms with Crippen LogP contribution >= 0.6 is 0 Å². The van der Waals surface area contributed by atoms with Gasteiger partial charge in [0.2, 0.25) is 0 Å². The Balaban J connectivity index is 0. The number of methoxy groups -OCH3 is 4. The van der Waals surface area contributed by atoms with Gasteiger partial charge in [-0.05, 0) is 11.8 Å². The van der Waals surface area contributed by atoms with Gasteiger partial charge in [0.05, 0.1) is 52.3 Å². The van der Waals surface area contributed by atoms with Gasteiger partial charge in [-0.3, -0.25) is 9.98 Å². The summed E-state index contributed by atoms with van der Waals surface area (Å²) in [5, 5.41) is 0. The van der Waals surface area contributed by atoms with Crippen LogP contribution in [0.5, 0.6) is 0 Å². The Labute approximate surface area is 191 Å². The fourth-order valence-electron chi connectivity index (χ4n) is 2.27. The molecule has 0 unspecified atom stereocenters. The molecular weight excluding hydrogens is 407 g/mol. The van der Waals surface area contributed by atoms with Crippen LogP contribution < -0.4 is 0 Å². The molecule has 0 spiro atoms. The third kappa shape index (κ3) is 8.40. The molecule has 10 heteroatoms. The fourth-order valence-corrected chi connectivity index (χ4v) is 2.27. The van der Waals surface area contributed by atoms with Crippen molar-refractivity contribution in [2.45, 2.75) is 39.8 Å². The SMILES string of the molecule is COC1=N[C@@H](C(C)C)C(OC)=N[CH-]1.COC1=N[C@H](C(C)C)C(OC)=N[CH-]1.[Cu+2].[Li]. The number of rotatable bonds is 2. The molecule has 2 radical (unpaired) electrons. The van der Waals surface area contributed by atoms with Gasteiger partial charge < -0.3 is 28.9 Å². The fraction of sp³-hybridized carbons (Fsp3) is 0.667. The van der Waals surface area contributed by atoms with E-state index in [1.807, 2.05) is 0 Å². The van der Waals surface area contributed by atoms with Crippen molar-refractivity contribution >= 4 is 42.5 Å². The average Bonchev–Trinajstić information content (AvgIpc) is 2.67. The third-order valence-corrected chi connectivity index (χ3v) is 3.74. The summed E-state index contributed by atoms with van der Waals surface area (Å²) in [7, 11) is 6.38. The number of aliphatic imine (C=N–C) groups is 4. The summed E-state index contributed by atoms with van der Waals surface area (Å²) in [5.41, 5.74) is 0. The molecule has 158 valence electrons. The van der Waals surface area contributed by atoms with E-state index in [1.54, 1.807) is 41.5 Å². The Morgan fingerprint density at radius 3 is 1.21 bits per heavy atom. The van der Waals surface area contributed by atoms with E-state index < -0.39 is 0 Å². The molecule has 0 aromatic carbocycles.